The largest absolute Gasteiger partial charge is 0.332 e. The molecule has 2 amide bonds. The van der Waals surface area contributed by atoms with Crippen molar-refractivity contribution in [3.8, 4) is 0 Å². The van der Waals surface area contributed by atoms with Crippen LogP contribution in [0.2, 0.25) is 5.02 Å². The lowest BCUT2D eigenvalue weighted by molar-refractivity contribution is -0.121. The van der Waals surface area contributed by atoms with Crippen molar-refractivity contribution in [2.24, 2.45) is 0 Å². The molecular formula is C19H16ClFN2O2. The van der Waals surface area contributed by atoms with Crippen LogP contribution in [0.5, 0.6) is 0 Å². The third kappa shape index (κ3) is 3.72. The first-order valence-corrected chi connectivity index (χ1v) is 8.15. The molecule has 6 heteroatoms. The van der Waals surface area contributed by atoms with Gasteiger partial charge in [-0.3, -0.25) is 9.59 Å². The van der Waals surface area contributed by atoms with Gasteiger partial charge >= 0.3 is 0 Å². The lowest BCUT2D eigenvalue weighted by Crippen LogP contribution is -2.32. The van der Waals surface area contributed by atoms with Gasteiger partial charge in [-0.05, 0) is 36.2 Å². The number of carbonyl (C=O) groups excluding carboxylic acids is 2. The normalized spacial score (nSPS) is 16.8. The van der Waals surface area contributed by atoms with Crippen LogP contribution in [0.4, 0.5) is 10.1 Å². The number of amides is 2. The summed E-state index contributed by atoms with van der Waals surface area (Å²) in [4.78, 5) is 24.5. The fourth-order valence-electron chi connectivity index (χ4n) is 2.77. The van der Waals surface area contributed by atoms with E-state index < -0.39 is 5.92 Å². The van der Waals surface area contributed by atoms with Crippen LogP contribution in [-0.2, 0) is 9.59 Å². The molecule has 3 rings (SSSR count). The van der Waals surface area contributed by atoms with Crippen LogP contribution >= 0.6 is 11.6 Å². The molecule has 1 aliphatic rings. The Morgan fingerprint density at radius 1 is 1.24 bits per heavy atom. The molecule has 4 nitrogen and oxygen atoms in total. The minimum atomic E-state index is -0.446. The minimum Gasteiger partial charge on any atom is -0.332 e. The molecule has 25 heavy (non-hydrogen) atoms. The summed E-state index contributed by atoms with van der Waals surface area (Å²) < 4.78 is 13.2. The zero-order chi connectivity index (χ0) is 18.0. The number of nitrogens with one attached hydrogen (secondary N) is 2. The number of benzene rings is 2. The predicted molar refractivity (Wildman–Crippen MR) is 94.8 cm³/mol. The van der Waals surface area contributed by atoms with E-state index in [9.17, 15) is 14.0 Å². The molecule has 0 bridgehead atoms. The van der Waals surface area contributed by atoms with Gasteiger partial charge in [0.2, 0.25) is 5.91 Å². The quantitative estimate of drug-likeness (QED) is 0.873. The van der Waals surface area contributed by atoms with Crippen molar-refractivity contribution in [3.05, 3.63) is 76.2 Å². The lowest BCUT2D eigenvalue weighted by Gasteiger charge is -2.24. The summed E-state index contributed by atoms with van der Waals surface area (Å²) in [5, 5.41) is 5.82. The molecule has 2 aromatic carbocycles. The van der Waals surface area contributed by atoms with Crippen molar-refractivity contribution in [1.82, 2.24) is 5.32 Å². The van der Waals surface area contributed by atoms with Crippen molar-refractivity contribution >= 4 is 29.1 Å². The average Bonchev–Trinajstić information content (AvgIpc) is 2.59. The standard InChI is InChI=1S/C19H16ClFN2O2/c1-11-3-2-4-16(18(11)20)23-19(25)15-10-22-17(24)9-14(15)12-5-7-13(21)8-6-12/h2-8,10,14H,9H2,1H3,(H,22,24)(H,23,25). The molecule has 0 fully saturated rings. The van der Waals surface area contributed by atoms with Gasteiger partial charge < -0.3 is 10.6 Å². The molecule has 0 saturated carbocycles. The van der Waals surface area contributed by atoms with E-state index >= 15 is 0 Å². The number of hydrogen-bond donors (Lipinski definition) is 2. The lowest BCUT2D eigenvalue weighted by atomic mass is 9.86. The second-order valence-electron chi connectivity index (χ2n) is 5.87. The molecule has 1 aliphatic heterocycles. The van der Waals surface area contributed by atoms with Crippen molar-refractivity contribution < 1.29 is 14.0 Å². The molecule has 1 heterocycles. The van der Waals surface area contributed by atoms with Gasteiger partial charge in [-0.2, -0.15) is 0 Å². The third-order valence-corrected chi connectivity index (χ3v) is 4.63. The zero-order valence-corrected chi connectivity index (χ0v) is 14.2. The van der Waals surface area contributed by atoms with Gasteiger partial charge in [0.25, 0.3) is 5.91 Å². The van der Waals surface area contributed by atoms with E-state index in [0.717, 1.165) is 5.56 Å². The van der Waals surface area contributed by atoms with Gasteiger partial charge in [-0.1, -0.05) is 35.9 Å². The summed E-state index contributed by atoms with van der Waals surface area (Å²) in [5.41, 5.74) is 2.44. The summed E-state index contributed by atoms with van der Waals surface area (Å²) >= 11 is 6.22. The smallest absolute Gasteiger partial charge is 0.253 e. The van der Waals surface area contributed by atoms with Crippen molar-refractivity contribution in [2.45, 2.75) is 19.3 Å². The SMILES string of the molecule is Cc1cccc(NC(=O)C2=CNC(=O)CC2c2ccc(F)cc2)c1Cl. The predicted octanol–water partition coefficient (Wildman–Crippen LogP) is 3.91. The summed E-state index contributed by atoms with van der Waals surface area (Å²) in [6.07, 6.45) is 1.52. The first kappa shape index (κ1) is 17.2. The minimum absolute atomic E-state index is 0.117. The molecule has 0 aromatic heterocycles. The monoisotopic (exact) mass is 358 g/mol. The van der Waals surface area contributed by atoms with Crippen LogP contribution in [0.25, 0.3) is 0 Å². The van der Waals surface area contributed by atoms with Crippen molar-refractivity contribution in [1.29, 1.82) is 0 Å². The fraction of sp³-hybridized carbons (Fsp3) is 0.158. The van der Waals surface area contributed by atoms with Gasteiger partial charge in [-0.15, -0.1) is 0 Å². The molecular weight excluding hydrogens is 343 g/mol. The van der Waals surface area contributed by atoms with E-state index in [1.165, 1.54) is 18.3 Å². The van der Waals surface area contributed by atoms with Crippen LogP contribution in [0.15, 0.2) is 54.2 Å². The Kier molecular flexibility index (Phi) is 4.86. The summed E-state index contributed by atoms with van der Waals surface area (Å²) in [7, 11) is 0. The molecule has 1 unspecified atom stereocenters. The second kappa shape index (κ2) is 7.07. The zero-order valence-electron chi connectivity index (χ0n) is 13.5. The Balaban J connectivity index is 1.89. The van der Waals surface area contributed by atoms with Gasteiger partial charge in [0.15, 0.2) is 0 Å². The second-order valence-corrected chi connectivity index (χ2v) is 6.24. The maximum atomic E-state index is 13.2. The van der Waals surface area contributed by atoms with E-state index in [-0.39, 0.29) is 24.1 Å². The molecule has 0 radical (unpaired) electrons. The van der Waals surface area contributed by atoms with Crippen LogP contribution in [0, 0.1) is 12.7 Å². The van der Waals surface area contributed by atoms with Gasteiger partial charge in [0.1, 0.15) is 5.82 Å². The summed E-state index contributed by atoms with van der Waals surface area (Å²) in [6.45, 7) is 1.85. The number of hydrogen-bond acceptors (Lipinski definition) is 2. The van der Waals surface area contributed by atoms with Gasteiger partial charge in [0.05, 0.1) is 10.7 Å². The molecule has 0 aliphatic carbocycles. The van der Waals surface area contributed by atoms with Crippen LogP contribution in [0.3, 0.4) is 0 Å². The first-order valence-electron chi connectivity index (χ1n) is 7.77. The van der Waals surface area contributed by atoms with E-state index in [1.54, 1.807) is 24.3 Å². The fourth-order valence-corrected chi connectivity index (χ4v) is 2.94. The average molecular weight is 359 g/mol. The Hall–Kier alpha value is -2.66. The summed E-state index contributed by atoms with van der Waals surface area (Å²) in [5.74, 6) is -1.37. The van der Waals surface area contributed by atoms with Gasteiger partial charge in [-0.25, -0.2) is 4.39 Å². The highest BCUT2D eigenvalue weighted by Gasteiger charge is 2.29. The third-order valence-electron chi connectivity index (χ3n) is 4.13. The molecule has 128 valence electrons. The Morgan fingerprint density at radius 3 is 2.68 bits per heavy atom. The van der Waals surface area contributed by atoms with E-state index in [0.29, 0.717) is 21.8 Å². The van der Waals surface area contributed by atoms with Gasteiger partial charge in [0, 0.05) is 24.1 Å². The molecule has 2 N–H and O–H groups in total. The van der Waals surface area contributed by atoms with E-state index in [2.05, 4.69) is 10.6 Å². The maximum absolute atomic E-state index is 13.2. The number of rotatable bonds is 3. The van der Waals surface area contributed by atoms with E-state index in [1.807, 2.05) is 13.0 Å². The highest BCUT2D eigenvalue weighted by Crippen LogP contribution is 2.32. The number of aryl methyl sites for hydroxylation is 1. The van der Waals surface area contributed by atoms with Crippen LogP contribution < -0.4 is 10.6 Å². The molecule has 2 aromatic rings. The van der Waals surface area contributed by atoms with Crippen molar-refractivity contribution in [2.75, 3.05) is 5.32 Å². The topological polar surface area (TPSA) is 58.2 Å². The van der Waals surface area contributed by atoms with E-state index in [4.69, 9.17) is 11.6 Å². The molecule has 1 atom stereocenters. The van der Waals surface area contributed by atoms with Crippen molar-refractivity contribution in [3.63, 3.8) is 0 Å². The molecule has 0 spiro atoms. The Morgan fingerprint density at radius 2 is 1.96 bits per heavy atom. The maximum Gasteiger partial charge on any atom is 0.253 e. The molecule has 0 saturated heterocycles. The Labute approximate surface area is 149 Å². The van der Waals surface area contributed by atoms with Crippen LogP contribution in [0.1, 0.15) is 23.5 Å². The number of halogens is 2. The summed E-state index contributed by atoms with van der Waals surface area (Å²) in [6, 6.07) is 11.1. The number of anilines is 1. The Bertz CT molecular complexity index is 862. The van der Waals surface area contributed by atoms with Crippen LogP contribution in [-0.4, -0.2) is 11.8 Å². The highest BCUT2D eigenvalue weighted by atomic mass is 35.5. The highest BCUT2D eigenvalue weighted by molar-refractivity contribution is 6.34. The first-order chi connectivity index (χ1) is 12.0. The number of carbonyl (C=O) groups is 2.